The lowest BCUT2D eigenvalue weighted by Gasteiger charge is -2.43. The van der Waals surface area contributed by atoms with Crippen molar-refractivity contribution in [1.82, 2.24) is 10.2 Å². The van der Waals surface area contributed by atoms with Gasteiger partial charge < -0.3 is 24.1 Å². The van der Waals surface area contributed by atoms with Crippen molar-refractivity contribution < 1.29 is 28.3 Å². The summed E-state index contributed by atoms with van der Waals surface area (Å²) in [6.45, 7) is 2.19. The van der Waals surface area contributed by atoms with Crippen molar-refractivity contribution in [3.05, 3.63) is 66.1 Å². The van der Waals surface area contributed by atoms with Gasteiger partial charge in [0.15, 0.2) is 0 Å². The molecule has 1 aromatic heterocycles. The fraction of sp³-hybridized carbons (Fsp3) is 0.423. The number of carbonyl (C=O) groups excluding carboxylic acids is 3. The van der Waals surface area contributed by atoms with Crippen LogP contribution in [0, 0.1) is 17.8 Å². The number of hydrogen-bond acceptors (Lipinski definition) is 6. The lowest BCUT2D eigenvalue weighted by Crippen LogP contribution is -2.55. The van der Waals surface area contributed by atoms with Crippen molar-refractivity contribution in [3.63, 3.8) is 0 Å². The molecule has 0 saturated carbocycles. The molecule has 0 unspecified atom stereocenters. The van der Waals surface area contributed by atoms with E-state index in [0.29, 0.717) is 12.3 Å². The highest BCUT2D eigenvalue weighted by Gasteiger charge is 2.74. The lowest BCUT2D eigenvalue weighted by molar-refractivity contribution is -0.148. The van der Waals surface area contributed by atoms with Gasteiger partial charge in [0, 0.05) is 18.9 Å². The molecule has 1 aromatic carbocycles. The van der Waals surface area contributed by atoms with Crippen LogP contribution >= 0.6 is 0 Å². The van der Waals surface area contributed by atoms with Gasteiger partial charge in [-0.1, -0.05) is 31.2 Å². The maximum atomic E-state index is 13.9. The normalized spacial score (nSPS) is 35.4. The highest BCUT2D eigenvalue weighted by Crippen LogP contribution is 2.59. The quantitative estimate of drug-likeness (QED) is 0.686. The van der Waals surface area contributed by atoms with E-state index in [-0.39, 0.29) is 24.0 Å². The molecule has 0 radical (unpaired) electrons. The third-order valence-electron chi connectivity index (χ3n) is 7.88. The minimum atomic E-state index is -0.982. The van der Waals surface area contributed by atoms with Gasteiger partial charge in [0.25, 0.3) is 0 Å². The number of carbonyl (C=O) groups is 3. The van der Waals surface area contributed by atoms with Gasteiger partial charge >= 0.3 is 0 Å². The third-order valence-corrected chi connectivity index (χ3v) is 7.88. The first-order valence-electron chi connectivity index (χ1n) is 11.6. The lowest BCUT2D eigenvalue weighted by atomic mass is 9.70. The Morgan fingerprint density at radius 2 is 2.03 bits per heavy atom. The average Bonchev–Trinajstić information content (AvgIpc) is 3.62. The molecule has 4 aliphatic heterocycles. The molecule has 2 amide bonds. The Bertz CT molecular complexity index is 1170. The Balaban J connectivity index is 1.29. The summed E-state index contributed by atoms with van der Waals surface area (Å²) in [4.78, 5) is 42.0. The zero-order valence-corrected chi connectivity index (χ0v) is 19.0. The van der Waals surface area contributed by atoms with Gasteiger partial charge in [-0.15, -0.1) is 0 Å². The van der Waals surface area contributed by atoms with E-state index in [4.69, 9.17) is 13.9 Å². The van der Waals surface area contributed by atoms with Gasteiger partial charge in [-0.2, -0.15) is 0 Å². The maximum Gasteiger partial charge on any atom is 0.230 e. The van der Waals surface area contributed by atoms with E-state index in [1.165, 1.54) is 0 Å². The van der Waals surface area contributed by atoms with Crippen molar-refractivity contribution in [2.24, 2.45) is 17.8 Å². The average molecular weight is 463 g/mol. The number of nitrogens with zero attached hydrogens (tertiary/aromatic N) is 1. The van der Waals surface area contributed by atoms with Gasteiger partial charge in [0.2, 0.25) is 11.8 Å². The number of amides is 2. The molecule has 8 heteroatoms. The second kappa shape index (κ2) is 7.56. The molecule has 5 heterocycles. The molecule has 1 N–H and O–H groups in total. The fourth-order valence-electron chi connectivity index (χ4n) is 6.31. The number of benzene rings is 1. The molecule has 7 atom stereocenters. The number of rotatable bonds is 5. The Kier molecular flexibility index (Phi) is 4.71. The highest BCUT2D eigenvalue weighted by molar-refractivity contribution is 5.96. The number of ether oxygens (including phenoxy) is 2. The minimum Gasteiger partial charge on any atom is -0.497 e. The fourth-order valence-corrected chi connectivity index (χ4v) is 6.31. The topological polar surface area (TPSA) is 98.1 Å². The van der Waals surface area contributed by atoms with Crippen molar-refractivity contribution in [2.75, 3.05) is 7.11 Å². The standard InChI is InChI=1S/C26H26N2O6/c1-14-18(29)12-17(19-4-3-11-33-19)28-23(14)26-10-9-20(34-26)21(22(26)25(28)31)24(30)27-13-15-5-7-16(32-2)8-6-15/h3-11,14,17,20-23H,12-13H2,1-2H3,(H,27,30)/t14-,17+,20+,21+,22-,23+,26+/m0/s1. The highest BCUT2D eigenvalue weighted by atomic mass is 16.5. The van der Waals surface area contributed by atoms with Crippen LogP contribution in [0.25, 0.3) is 0 Å². The number of Topliss-reactive ketones (excluding diaryl/α,β-unsaturated/α-hetero) is 1. The summed E-state index contributed by atoms with van der Waals surface area (Å²) in [6, 6.07) is 10.0. The number of ketones is 1. The third kappa shape index (κ3) is 2.84. The Hall–Kier alpha value is -3.39. The van der Waals surface area contributed by atoms with Crippen LogP contribution in [0.2, 0.25) is 0 Å². The summed E-state index contributed by atoms with van der Waals surface area (Å²) in [5, 5.41) is 2.98. The van der Waals surface area contributed by atoms with E-state index in [1.54, 1.807) is 30.4 Å². The van der Waals surface area contributed by atoms with Crippen LogP contribution in [-0.4, -0.2) is 47.4 Å². The minimum absolute atomic E-state index is 0.0679. The molecule has 0 aliphatic carbocycles. The first-order chi connectivity index (χ1) is 16.4. The largest absolute Gasteiger partial charge is 0.497 e. The van der Waals surface area contributed by atoms with Crippen LogP contribution < -0.4 is 10.1 Å². The summed E-state index contributed by atoms with van der Waals surface area (Å²) in [6.07, 6.45) is 5.04. The van der Waals surface area contributed by atoms with E-state index in [1.807, 2.05) is 43.3 Å². The number of nitrogens with one attached hydrogen (secondary N) is 1. The molecule has 1 spiro atoms. The molecule has 3 fully saturated rings. The molecular weight excluding hydrogens is 436 g/mol. The molecule has 34 heavy (non-hydrogen) atoms. The second-order valence-electron chi connectivity index (χ2n) is 9.55. The predicted molar refractivity (Wildman–Crippen MR) is 119 cm³/mol. The smallest absolute Gasteiger partial charge is 0.230 e. The van der Waals surface area contributed by atoms with Crippen LogP contribution in [0.3, 0.4) is 0 Å². The summed E-state index contributed by atoms with van der Waals surface area (Å²) >= 11 is 0. The summed E-state index contributed by atoms with van der Waals surface area (Å²) in [7, 11) is 1.60. The maximum absolute atomic E-state index is 13.9. The van der Waals surface area contributed by atoms with Gasteiger partial charge in [0.1, 0.15) is 22.9 Å². The van der Waals surface area contributed by atoms with Gasteiger partial charge in [-0.25, -0.2) is 0 Å². The first kappa shape index (κ1) is 21.2. The number of piperidine rings is 1. The summed E-state index contributed by atoms with van der Waals surface area (Å²) in [5.41, 5.74) is -0.0553. The van der Waals surface area contributed by atoms with E-state index in [2.05, 4.69) is 5.32 Å². The summed E-state index contributed by atoms with van der Waals surface area (Å²) in [5.74, 6) is -0.709. The second-order valence-corrected chi connectivity index (χ2v) is 9.55. The van der Waals surface area contributed by atoms with Crippen LogP contribution in [0.4, 0.5) is 0 Å². The van der Waals surface area contributed by atoms with E-state index < -0.39 is 41.5 Å². The molecule has 8 nitrogen and oxygen atoms in total. The monoisotopic (exact) mass is 462 g/mol. The SMILES string of the molecule is COc1ccc(CNC(=O)[C@H]2[C@H]3C(=O)N4[C@@H](c5ccco5)CC(=O)[C@H](C)[C@@H]4[C@@]34C=C[C@H]2O4)cc1. The zero-order valence-electron chi connectivity index (χ0n) is 19.0. The van der Waals surface area contributed by atoms with Crippen LogP contribution in [0.15, 0.2) is 59.2 Å². The molecule has 2 aromatic rings. The zero-order chi connectivity index (χ0) is 23.6. The van der Waals surface area contributed by atoms with Gasteiger partial charge in [0.05, 0.1) is 43.4 Å². The van der Waals surface area contributed by atoms with Crippen LogP contribution in [0.5, 0.6) is 5.75 Å². The van der Waals surface area contributed by atoms with Crippen LogP contribution in [0.1, 0.15) is 30.7 Å². The Morgan fingerprint density at radius 3 is 2.74 bits per heavy atom. The summed E-state index contributed by atoms with van der Waals surface area (Å²) < 4.78 is 17.2. The molecule has 6 rings (SSSR count). The van der Waals surface area contributed by atoms with Crippen molar-refractivity contribution in [2.45, 2.75) is 43.7 Å². The van der Waals surface area contributed by atoms with Crippen molar-refractivity contribution >= 4 is 17.6 Å². The molecule has 4 aliphatic rings. The van der Waals surface area contributed by atoms with E-state index in [9.17, 15) is 14.4 Å². The van der Waals surface area contributed by atoms with Gasteiger partial charge in [-0.3, -0.25) is 14.4 Å². The number of furan rings is 1. The van der Waals surface area contributed by atoms with Crippen LogP contribution in [-0.2, 0) is 25.7 Å². The molecule has 176 valence electrons. The van der Waals surface area contributed by atoms with Crippen molar-refractivity contribution in [1.29, 1.82) is 0 Å². The van der Waals surface area contributed by atoms with E-state index in [0.717, 1.165) is 11.3 Å². The number of fused-ring (bicyclic) bond motifs is 2. The predicted octanol–water partition coefficient (Wildman–Crippen LogP) is 2.41. The Labute approximate surface area is 196 Å². The molecule has 3 saturated heterocycles. The molecule has 2 bridgehead atoms. The van der Waals surface area contributed by atoms with E-state index >= 15 is 0 Å². The number of methoxy groups -OCH3 is 1. The van der Waals surface area contributed by atoms with Crippen molar-refractivity contribution in [3.8, 4) is 5.75 Å². The Morgan fingerprint density at radius 1 is 1.24 bits per heavy atom. The molecular formula is C26H26N2O6. The van der Waals surface area contributed by atoms with Gasteiger partial charge in [-0.05, 0) is 29.8 Å². The number of hydrogen-bond donors (Lipinski definition) is 1. The first-order valence-corrected chi connectivity index (χ1v) is 11.6.